The zero-order valence-electron chi connectivity index (χ0n) is 10.2. The van der Waals surface area contributed by atoms with Crippen molar-refractivity contribution in [3.8, 4) is 0 Å². The standard InChI is InChI=1S/C12H14FN3O3/c1-6(11(15)17)10-9(16(13)12(18)19-10)7-2-4-8(14)5-3-7/h2-6,9-10H,14H2,1H3,(H2,15,17). The predicted octanol–water partition coefficient (Wildman–Crippen LogP) is 1.14. The Kier molecular flexibility index (Phi) is 3.28. The monoisotopic (exact) mass is 267 g/mol. The molecule has 0 aliphatic carbocycles. The van der Waals surface area contributed by atoms with Crippen LogP contribution in [0.1, 0.15) is 18.5 Å². The smallest absolute Gasteiger partial charge is 0.439 e. The van der Waals surface area contributed by atoms with Gasteiger partial charge in [-0.25, -0.2) is 4.79 Å². The number of anilines is 1. The number of carbonyl (C=O) groups excluding carboxylic acids is 2. The zero-order chi connectivity index (χ0) is 14.2. The molecule has 0 aromatic heterocycles. The average molecular weight is 267 g/mol. The van der Waals surface area contributed by atoms with Gasteiger partial charge in [0, 0.05) is 5.69 Å². The van der Waals surface area contributed by atoms with Crippen LogP contribution < -0.4 is 11.5 Å². The topological polar surface area (TPSA) is 98.7 Å². The highest BCUT2D eigenvalue weighted by Crippen LogP contribution is 2.37. The van der Waals surface area contributed by atoms with Crippen LogP contribution in [0.15, 0.2) is 24.3 Å². The first-order chi connectivity index (χ1) is 8.91. The molecule has 6 nitrogen and oxygen atoms in total. The Balaban J connectivity index is 2.35. The lowest BCUT2D eigenvalue weighted by atomic mass is 9.92. The summed E-state index contributed by atoms with van der Waals surface area (Å²) >= 11 is 0. The normalized spacial score (nSPS) is 24.1. The number of hydrogen-bond donors (Lipinski definition) is 2. The van der Waals surface area contributed by atoms with E-state index in [0.717, 1.165) is 0 Å². The Morgan fingerprint density at radius 2 is 2.00 bits per heavy atom. The second-order valence-electron chi connectivity index (χ2n) is 4.46. The van der Waals surface area contributed by atoms with Gasteiger partial charge in [-0.3, -0.25) is 4.79 Å². The number of nitrogen functional groups attached to an aromatic ring is 1. The van der Waals surface area contributed by atoms with Crippen LogP contribution in [-0.4, -0.2) is 23.2 Å². The number of amides is 2. The van der Waals surface area contributed by atoms with Gasteiger partial charge < -0.3 is 16.2 Å². The van der Waals surface area contributed by atoms with Crippen LogP contribution in [0, 0.1) is 5.92 Å². The molecule has 19 heavy (non-hydrogen) atoms. The molecule has 1 aromatic carbocycles. The van der Waals surface area contributed by atoms with Crippen molar-refractivity contribution in [2.45, 2.75) is 19.1 Å². The van der Waals surface area contributed by atoms with E-state index in [2.05, 4.69) is 0 Å². The first kappa shape index (κ1) is 13.1. The molecule has 1 aromatic rings. The number of ether oxygens (including phenoxy) is 1. The van der Waals surface area contributed by atoms with Gasteiger partial charge in [0.2, 0.25) is 5.91 Å². The molecule has 1 aliphatic heterocycles. The summed E-state index contributed by atoms with van der Waals surface area (Å²) in [6.45, 7) is 1.49. The Morgan fingerprint density at radius 3 is 2.53 bits per heavy atom. The lowest BCUT2D eigenvalue weighted by Crippen LogP contribution is -2.35. The Morgan fingerprint density at radius 1 is 1.42 bits per heavy atom. The number of nitrogens with two attached hydrogens (primary N) is 2. The summed E-state index contributed by atoms with van der Waals surface area (Å²) in [7, 11) is 0. The van der Waals surface area contributed by atoms with Crippen molar-refractivity contribution in [2.24, 2.45) is 11.7 Å². The van der Waals surface area contributed by atoms with Crippen LogP contribution >= 0.6 is 0 Å². The van der Waals surface area contributed by atoms with Gasteiger partial charge in [-0.1, -0.05) is 16.6 Å². The minimum atomic E-state index is -1.13. The van der Waals surface area contributed by atoms with E-state index in [1.165, 1.54) is 6.92 Å². The third-order valence-corrected chi connectivity index (χ3v) is 3.19. The number of carbonyl (C=O) groups is 2. The molecule has 1 aliphatic rings. The average Bonchev–Trinajstić information content (AvgIpc) is 2.66. The van der Waals surface area contributed by atoms with Crippen LogP contribution in [0.25, 0.3) is 0 Å². The van der Waals surface area contributed by atoms with Crippen molar-refractivity contribution < 1.29 is 18.8 Å². The maximum Gasteiger partial charge on any atom is 0.439 e. The Hall–Kier alpha value is -2.31. The summed E-state index contributed by atoms with van der Waals surface area (Å²) in [6, 6.07) is 5.32. The minimum absolute atomic E-state index is 0.0321. The van der Waals surface area contributed by atoms with E-state index in [4.69, 9.17) is 16.2 Å². The van der Waals surface area contributed by atoms with E-state index in [-0.39, 0.29) is 5.12 Å². The summed E-state index contributed by atoms with van der Waals surface area (Å²) in [5.74, 6) is -1.46. The van der Waals surface area contributed by atoms with E-state index < -0.39 is 30.1 Å². The molecule has 1 saturated heterocycles. The highest BCUT2D eigenvalue weighted by Gasteiger charge is 2.47. The number of cyclic esters (lactones) is 1. The van der Waals surface area contributed by atoms with Gasteiger partial charge in [-0.05, 0) is 24.6 Å². The van der Waals surface area contributed by atoms with Crippen LogP contribution in [0.2, 0.25) is 0 Å². The molecule has 3 atom stereocenters. The van der Waals surface area contributed by atoms with E-state index in [1.807, 2.05) is 0 Å². The molecule has 0 bridgehead atoms. The molecule has 0 radical (unpaired) electrons. The van der Waals surface area contributed by atoms with Crippen LogP contribution in [0.4, 0.5) is 15.0 Å². The van der Waals surface area contributed by atoms with Crippen LogP contribution in [-0.2, 0) is 9.53 Å². The predicted molar refractivity (Wildman–Crippen MR) is 65.2 cm³/mol. The third kappa shape index (κ3) is 2.31. The van der Waals surface area contributed by atoms with Gasteiger partial charge in [0.05, 0.1) is 5.92 Å². The fourth-order valence-corrected chi connectivity index (χ4v) is 2.02. The number of primary amides is 1. The van der Waals surface area contributed by atoms with Crippen LogP contribution in [0.3, 0.4) is 0 Å². The molecule has 4 N–H and O–H groups in total. The number of hydrogen-bond acceptors (Lipinski definition) is 4. The molecule has 3 unspecified atom stereocenters. The summed E-state index contributed by atoms with van der Waals surface area (Å²) < 4.78 is 18.7. The van der Waals surface area contributed by atoms with Crippen molar-refractivity contribution in [3.05, 3.63) is 29.8 Å². The molecule has 0 saturated carbocycles. The zero-order valence-corrected chi connectivity index (χ0v) is 10.2. The second kappa shape index (κ2) is 4.75. The second-order valence-corrected chi connectivity index (χ2v) is 4.46. The van der Waals surface area contributed by atoms with Crippen molar-refractivity contribution in [3.63, 3.8) is 0 Å². The molecule has 7 heteroatoms. The molecular weight excluding hydrogens is 253 g/mol. The number of benzene rings is 1. The van der Waals surface area contributed by atoms with Gasteiger partial charge in [0.25, 0.3) is 0 Å². The molecule has 1 fully saturated rings. The first-order valence-electron chi connectivity index (χ1n) is 5.72. The van der Waals surface area contributed by atoms with Crippen molar-refractivity contribution in [1.82, 2.24) is 5.12 Å². The van der Waals surface area contributed by atoms with E-state index in [1.54, 1.807) is 24.3 Å². The molecule has 1 heterocycles. The summed E-state index contributed by atoms with van der Waals surface area (Å²) in [5.41, 5.74) is 11.7. The Bertz CT molecular complexity index is 505. The fraction of sp³-hybridized carbons (Fsp3) is 0.333. The van der Waals surface area contributed by atoms with Crippen molar-refractivity contribution >= 4 is 17.7 Å². The van der Waals surface area contributed by atoms with Crippen molar-refractivity contribution in [1.29, 1.82) is 0 Å². The largest absolute Gasteiger partial charge is 0.441 e. The lowest BCUT2D eigenvalue weighted by Gasteiger charge is -2.22. The molecule has 0 spiro atoms. The molecule has 2 rings (SSSR count). The lowest BCUT2D eigenvalue weighted by molar-refractivity contribution is -0.124. The van der Waals surface area contributed by atoms with Gasteiger partial charge in [-0.2, -0.15) is 0 Å². The number of rotatable bonds is 3. The summed E-state index contributed by atoms with van der Waals surface area (Å²) in [4.78, 5) is 22.5. The van der Waals surface area contributed by atoms with Gasteiger partial charge in [0.1, 0.15) is 12.1 Å². The third-order valence-electron chi connectivity index (χ3n) is 3.19. The van der Waals surface area contributed by atoms with E-state index in [9.17, 15) is 14.1 Å². The maximum atomic E-state index is 13.8. The molecular formula is C12H14FN3O3. The molecule has 102 valence electrons. The number of nitrogens with zero attached hydrogens (tertiary/aromatic N) is 1. The van der Waals surface area contributed by atoms with E-state index >= 15 is 0 Å². The van der Waals surface area contributed by atoms with Crippen LogP contribution in [0.5, 0.6) is 0 Å². The van der Waals surface area contributed by atoms with Gasteiger partial charge in [0.15, 0.2) is 0 Å². The molecule has 2 amide bonds. The quantitative estimate of drug-likeness (QED) is 0.633. The summed E-state index contributed by atoms with van der Waals surface area (Å²) in [6.07, 6.45) is -2.08. The summed E-state index contributed by atoms with van der Waals surface area (Å²) in [5, 5.41) is -0.0321. The van der Waals surface area contributed by atoms with E-state index in [0.29, 0.717) is 11.3 Å². The number of halogens is 1. The van der Waals surface area contributed by atoms with Gasteiger partial charge in [-0.15, -0.1) is 5.12 Å². The minimum Gasteiger partial charge on any atom is -0.441 e. The first-order valence-corrected chi connectivity index (χ1v) is 5.72. The SMILES string of the molecule is CC(C(N)=O)C1OC(=O)N(F)C1c1ccc(N)cc1. The highest BCUT2D eigenvalue weighted by molar-refractivity contribution is 5.79. The fourth-order valence-electron chi connectivity index (χ4n) is 2.02. The van der Waals surface area contributed by atoms with Crippen molar-refractivity contribution in [2.75, 3.05) is 5.73 Å². The van der Waals surface area contributed by atoms with Gasteiger partial charge >= 0.3 is 6.09 Å². The highest BCUT2D eigenvalue weighted by atomic mass is 19.2. The maximum absolute atomic E-state index is 13.8. The Labute approximate surface area is 109 Å².